The number of guanidine groups is 1. The van der Waals surface area contributed by atoms with E-state index in [0.29, 0.717) is 13.2 Å². The molecular formula is C16H25IN6O. The van der Waals surface area contributed by atoms with Gasteiger partial charge in [0.05, 0.1) is 13.1 Å². The van der Waals surface area contributed by atoms with Gasteiger partial charge in [-0.05, 0) is 18.6 Å². The Balaban J connectivity index is 0.00000288. The molecule has 0 aliphatic rings. The van der Waals surface area contributed by atoms with Crippen LogP contribution in [0.15, 0.2) is 35.6 Å². The standard InChI is InChI=1S/C16H24N6O.HI/c1-13-7-5-6-8-14(13)23-10-9-21(3)16(17-2)18-11-15-19-12-20-22(15)4;/h5-8,12H,9-11H2,1-4H3,(H,17,18);1H. The van der Waals surface area contributed by atoms with Gasteiger partial charge in [0.1, 0.15) is 24.5 Å². The largest absolute Gasteiger partial charge is 0.491 e. The molecule has 0 amide bonds. The summed E-state index contributed by atoms with van der Waals surface area (Å²) in [6.45, 7) is 3.94. The van der Waals surface area contributed by atoms with Gasteiger partial charge in [0.2, 0.25) is 0 Å². The van der Waals surface area contributed by atoms with Crippen LogP contribution in [-0.2, 0) is 13.6 Å². The minimum atomic E-state index is 0. The van der Waals surface area contributed by atoms with Gasteiger partial charge in [-0.2, -0.15) is 5.10 Å². The topological polar surface area (TPSA) is 67.6 Å². The molecule has 2 rings (SSSR count). The lowest BCUT2D eigenvalue weighted by Gasteiger charge is -2.22. The van der Waals surface area contributed by atoms with Gasteiger partial charge in [-0.25, -0.2) is 4.98 Å². The monoisotopic (exact) mass is 444 g/mol. The molecule has 1 aromatic heterocycles. The molecule has 1 heterocycles. The first-order chi connectivity index (χ1) is 11.1. The van der Waals surface area contributed by atoms with E-state index >= 15 is 0 Å². The van der Waals surface area contributed by atoms with Gasteiger partial charge in [-0.3, -0.25) is 9.67 Å². The predicted octanol–water partition coefficient (Wildman–Crippen LogP) is 1.83. The Hall–Kier alpha value is -1.84. The third-order valence-electron chi connectivity index (χ3n) is 3.56. The summed E-state index contributed by atoms with van der Waals surface area (Å²) in [5.41, 5.74) is 1.14. The van der Waals surface area contributed by atoms with Crippen molar-refractivity contribution < 1.29 is 4.74 Å². The van der Waals surface area contributed by atoms with Crippen LogP contribution < -0.4 is 10.1 Å². The number of nitrogens with one attached hydrogen (secondary N) is 1. The van der Waals surface area contributed by atoms with Crippen LogP contribution in [0.5, 0.6) is 5.75 Å². The number of aryl methyl sites for hydroxylation is 2. The summed E-state index contributed by atoms with van der Waals surface area (Å²) in [5, 5.41) is 7.32. The van der Waals surface area contributed by atoms with Crippen molar-refractivity contribution in [1.82, 2.24) is 25.0 Å². The van der Waals surface area contributed by atoms with E-state index < -0.39 is 0 Å². The Morgan fingerprint density at radius 1 is 1.38 bits per heavy atom. The van der Waals surface area contributed by atoms with E-state index in [0.717, 1.165) is 29.6 Å². The molecule has 0 bridgehead atoms. The van der Waals surface area contributed by atoms with Crippen molar-refractivity contribution in [3.63, 3.8) is 0 Å². The van der Waals surface area contributed by atoms with Crippen molar-refractivity contribution in [2.24, 2.45) is 12.0 Å². The maximum atomic E-state index is 5.82. The third kappa shape index (κ3) is 5.66. The van der Waals surface area contributed by atoms with E-state index in [1.54, 1.807) is 18.1 Å². The Morgan fingerprint density at radius 2 is 2.12 bits per heavy atom. The highest BCUT2D eigenvalue weighted by atomic mass is 127. The molecule has 24 heavy (non-hydrogen) atoms. The van der Waals surface area contributed by atoms with Crippen molar-refractivity contribution in [2.45, 2.75) is 13.5 Å². The molecule has 0 aliphatic carbocycles. The summed E-state index contributed by atoms with van der Waals surface area (Å²) in [4.78, 5) is 10.5. The molecule has 0 radical (unpaired) electrons. The number of ether oxygens (including phenoxy) is 1. The fourth-order valence-corrected chi connectivity index (χ4v) is 2.14. The third-order valence-corrected chi connectivity index (χ3v) is 3.56. The minimum Gasteiger partial charge on any atom is -0.491 e. The number of para-hydroxylation sites is 1. The molecule has 0 unspecified atom stereocenters. The van der Waals surface area contributed by atoms with E-state index in [9.17, 15) is 0 Å². The second kappa shape index (κ2) is 10.1. The van der Waals surface area contributed by atoms with Gasteiger partial charge < -0.3 is 15.0 Å². The normalized spacial score (nSPS) is 10.9. The molecule has 7 nitrogen and oxygen atoms in total. The summed E-state index contributed by atoms with van der Waals surface area (Å²) < 4.78 is 7.56. The van der Waals surface area contributed by atoms with Crippen LogP contribution in [0.25, 0.3) is 0 Å². The van der Waals surface area contributed by atoms with Gasteiger partial charge in [-0.15, -0.1) is 24.0 Å². The maximum absolute atomic E-state index is 5.82. The number of benzene rings is 1. The zero-order chi connectivity index (χ0) is 16.7. The van der Waals surface area contributed by atoms with Crippen LogP contribution in [-0.4, -0.2) is 52.9 Å². The number of nitrogens with zero attached hydrogens (tertiary/aromatic N) is 5. The molecule has 0 fully saturated rings. The number of hydrogen-bond donors (Lipinski definition) is 1. The molecule has 0 saturated heterocycles. The van der Waals surface area contributed by atoms with Crippen LogP contribution in [0.3, 0.4) is 0 Å². The van der Waals surface area contributed by atoms with Crippen molar-refractivity contribution in [1.29, 1.82) is 0 Å². The Kier molecular flexibility index (Phi) is 8.51. The molecule has 8 heteroatoms. The number of hydrogen-bond acceptors (Lipinski definition) is 4. The van der Waals surface area contributed by atoms with Crippen molar-refractivity contribution in [3.05, 3.63) is 42.0 Å². The molecule has 1 N–H and O–H groups in total. The first kappa shape index (κ1) is 20.2. The molecule has 1 aromatic carbocycles. The van der Waals surface area contributed by atoms with Crippen LogP contribution in [0.4, 0.5) is 0 Å². The van der Waals surface area contributed by atoms with Gasteiger partial charge in [0.25, 0.3) is 0 Å². The zero-order valence-electron chi connectivity index (χ0n) is 14.6. The fourth-order valence-electron chi connectivity index (χ4n) is 2.14. The smallest absolute Gasteiger partial charge is 0.193 e. The highest BCUT2D eigenvalue weighted by molar-refractivity contribution is 14.0. The van der Waals surface area contributed by atoms with Crippen molar-refractivity contribution in [2.75, 3.05) is 27.2 Å². The first-order valence-corrected chi connectivity index (χ1v) is 7.55. The summed E-state index contributed by atoms with van der Waals surface area (Å²) in [6, 6.07) is 8.01. The van der Waals surface area contributed by atoms with Crippen molar-refractivity contribution >= 4 is 29.9 Å². The second-order valence-electron chi connectivity index (χ2n) is 5.24. The average molecular weight is 444 g/mol. The minimum absolute atomic E-state index is 0. The predicted molar refractivity (Wildman–Crippen MR) is 106 cm³/mol. The highest BCUT2D eigenvalue weighted by Crippen LogP contribution is 2.15. The van der Waals surface area contributed by atoms with E-state index in [2.05, 4.69) is 20.4 Å². The lowest BCUT2D eigenvalue weighted by Crippen LogP contribution is -2.40. The maximum Gasteiger partial charge on any atom is 0.193 e. The number of likely N-dealkylation sites (N-methyl/N-ethyl adjacent to an activating group) is 1. The summed E-state index contributed by atoms with van der Waals surface area (Å²) in [6.07, 6.45) is 1.54. The zero-order valence-corrected chi connectivity index (χ0v) is 16.9. The van der Waals surface area contributed by atoms with Crippen LogP contribution in [0, 0.1) is 6.92 Å². The summed E-state index contributed by atoms with van der Waals surface area (Å²) in [5.74, 6) is 2.57. The molecule has 0 spiro atoms. The van der Waals surface area contributed by atoms with Crippen LogP contribution in [0.2, 0.25) is 0 Å². The van der Waals surface area contributed by atoms with Gasteiger partial charge in [0, 0.05) is 21.1 Å². The van der Waals surface area contributed by atoms with Gasteiger partial charge in [0.15, 0.2) is 5.96 Å². The van der Waals surface area contributed by atoms with E-state index in [1.807, 2.05) is 50.2 Å². The second-order valence-corrected chi connectivity index (χ2v) is 5.24. The van der Waals surface area contributed by atoms with E-state index in [4.69, 9.17) is 4.74 Å². The average Bonchev–Trinajstić information content (AvgIpc) is 2.95. The Morgan fingerprint density at radius 3 is 2.75 bits per heavy atom. The van der Waals surface area contributed by atoms with E-state index in [-0.39, 0.29) is 24.0 Å². The summed E-state index contributed by atoms with van der Waals surface area (Å²) >= 11 is 0. The van der Waals surface area contributed by atoms with Gasteiger partial charge in [-0.1, -0.05) is 18.2 Å². The number of aliphatic imine (C=N–C) groups is 1. The molecule has 2 aromatic rings. The Labute approximate surface area is 160 Å². The van der Waals surface area contributed by atoms with Crippen LogP contribution >= 0.6 is 24.0 Å². The quantitative estimate of drug-likeness (QED) is 0.419. The lowest BCUT2D eigenvalue weighted by molar-refractivity contribution is 0.279. The van der Waals surface area contributed by atoms with Crippen LogP contribution in [0.1, 0.15) is 11.4 Å². The molecule has 0 saturated carbocycles. The number of halogens is 1. The SMILES string of the molecule is CN=C(NCc1ncnn1C)N(C)CCOc1ccccc1C.I. The van der Waals surface area contributed by atoms with Crippen molar-refractivity contribution in [3.8, 4) is 5.75 Å². The Bertz CT molecular complexity index is 658. The molecule has 132 valence electrons. The number of aromatic nitrogens is 3. The molecule has 0 atom stereocenters. The summed E-state index contributed by atoms with van der Waals surface area (Å²) in [7, 11) is 5.61. The molecular weight excluding hydrogens is 419 g/mol. The molecule has 0 aliphatic heterocycles. The first-order valence-electron chi connectivity index (χ1n) is 7.55. The van der Waals surface area contributed by atoms with Gasteiger partial charge >= 0.3 is 0 Å². The number of rotatable bonds is 6. The highest BCUT2D eigenvalue weighted by Gasteiger charge is 2.08. The fraction of sp³-hybridized carbons (Fsp3) is 0.438. The van der Waals surface area contributed by atoms with E-state index in [1.165, 1.54) is 0 Å². The lowest BCUT2D eigenvalue weighted by atomic mass is 10.2.